The minimum Gasteiger partial charge on any atom is -0.356 e. The zero-order valence-corrected chi connectivity index (χ0v) is 11.7. The molecule has 2 aromatic rings. The highest BCUT2D eigenvalue weighted by Gasteiger charge is 1.99. The Labute approximate surface area is 120 Å². The maximum absolute atomic E-state index is 10.9. The van der Waals surface area contributed by atoms with Gasteiger partial charge in [0.2, 0.25) is 5.91 Å². The molecule has 20 heavy (non-hydrogen) atoms. The van der Waals surface area contributed by atoms with Crippen LogP contribution < -0.4 is 5.32 Å². The summed E-state index contributed by atoms with van der Waals surface area (Å²) in [5.74, 6) is 0.0160. The first-order valence-electron chi connectivity index (χ1n) is 6.81. The summed E-state index contributed by atoms with van der Waals surface area (Å²) in [6.07, 6.45) is 5.07. The van der Waals surface area contributed by atoms with E-state index in [2.05, 4.69) is 41.7 Å². The van der Waals surface area contributed by atoms with Crippen LogP contribution in [0.2, 0.25) is 0 Å². The van der Waals surface area contributed by atoms with Crippen LogP contribution in [0.1, 0.15) is 23.6 Å². The normalized spacial score (nSPS) is 10.7. The van der Waals surface area contributed by atoms with Gasteiger partial charge in [0.05, 0.1) is 0 Å². The topological polar surface area (TPSA) is 29.1 Å². The molecule has 0 heterocycles. The molecule has 0 radical (unpaired) electrons. The van der Waals surface area contributed by atoms with Crippen LogP contribution in [0.25, 0.3) is 12.2 Å². The molecule has 2 aromatic carbocycles. The highest BCUT2D eigenvalue weighted by molar-refractivity contribution is 5.73. The van der Waals surface area contributed by atoms with Gasteiger partial charge in [-0.1, -0.05) is 66.7 Å². The minimum absolute atomic E-state index is 0.0160. The maximum atomic E-state index is 10.9. The van der Waals surface area contributed by atoms with E-state index in [1.54, 1.807) is 6.92 Å². The van der Waals surface area contributed by atoms with Gasteiger partial charge >= 0.3 is 0 Å². The lowest BCUT2D eigenvalue weighted by molar-refractivity contribution is -0.118. The highest BCUT2D eigenvalue weighted by Crippen LogP contribution is 2.13. The predicted octanol–water partition coefficient (Wildman–Crippen LogP) is 3.54. The van der Waals surface area contributed by atoms with E-state index in [0.717, 1.165) is 6.42 Å². The Morgan fingerprint density at radius 1 is 1.00 bits per heavy atom. The van der Waals surface area contributed by atoms with Crippen LogP contribution in [-0.2, 0) is 11.2 Å². The van der Waals surface area contributed by atoms with Crippen molar-refractivity contribution in [1.82, 2.24) is 5.32 Å². The summed E-state index contributed by atoms with van der Waals surface area (Å²) >= 11 is 0. The molecule has 0 saturated carbocycles. The molecule has 0 saturated heterocycles. The molecular weight excluding hydrogens is 246 g/mol. The summed E-state index contributed by atoms with van der Waals surface area (Å²) in [6.45, 7) is 2.22. The number of benzene rings is 2. The lowest BCUT2D eigenvalue weighted by Gasteiger charge is -2.06. The van der Waals surface area contributed by atoms with E-state index in [1.165, 1.54) is 16.7 Å². The third kappa shape index (κ3) is 4.39. The second kappa shape index (κ2) is 7.29. The van der Waals surface area contributed by atoms with Gasteiger partial charge in [-0.2, -0.15) is 0 Å². The minimum atomic E-state index is 0.0160. The third-order valence-electron chi connectivity index (χ3n) is 3.08. The van der Waals surface area contributed by atoms with E-state index in [4.69, 9.17) is 0 Å². The van der Waals surface area contributed by atoms with Crippen molar-refractivity contribution >= 4 is 18.1 Å². The number of carbonyl (C=O) groups is 1. The fraction of sp³-hybridized carbons (Fsp3) is 0.167. The molecule has 0 bridgehead atoms. The van der Waals surface area contributed by atoms with Gasteiger partial charge in [0, 0.05) is 13.5 Å². The lowest BCUT2D eigenvalue weighted by atomic mass is 10.0. The van der Waals surface area contributed by atoms with E-state index in [1.807, 2.05) is 30.3 Å². The molecule has 0 atom stereocenters. The second-order valence-electron chi connectivity index (χ2n) is 4.68. The number of amides is 1. The molecule has 0 aliphatic heterocycles. The summed E-state index contributed by atoms with van der Waals surface area (Å²) in [4.78, 5) is 10.9. The SMILES string of the molecule is CC(=O)NCCc1ccccc1/C=C/c1ccccc1. The Bertz CT molecular complexity index is 587. The van der Waals surface area contributed by atoms with Gasteiger partial charge < -0.3 is 5.32 Å². The summed E-state index contributed by atoms with van der Waals surface area (Å²) in [5.41, 5.74) is 3.62. The summed E-state index contributed by atoms with van der Waals surface area (Å²) in [7, 11) is 0. The number of hydrogen-bond acceptors (Lipinski definition) is 1. The van der Waals surface area contributed by atoms with Crippen molar-refractivity contribution in [3.8, 4) is 0 Å². The average Bonchev–Trinajstić information content (AvgIpc) is 2.47. The van der Waals surface area contributed by atoms with Crippen LogP contribution >= 0.6 is 0 Å². The maximum Gasteiger partial charge on any atom is 0.216 e. The molecule has 2 rings (SSSR count). The van der Waals surface area contributed by atoms with Crippen molar-refractivity contribution < 1.29 is 4.79 Å². The van der Waals surface area contributed by atoms with Crippen LogP contribution in [-0.4, -0.2) is 12.5 Å². The molecule has 2 heteroatoms. The average molecular weight is 265 g/mol. The fourth-order valence-corrected chi connectivity index (χ4v) is 2.05. The van der Waals surface area contributed by atoms with Crippen LogP contribution in [0.15, 0.2) is 54.6 Å². The Balaban J connectivity index is 2.07. The number of rotatable bonds is 5. The fourth-order valence-electron chi connectivity index (χ4n) is 2.05. The van der Waals surface area contributed by atoms with Gasteiger partial charge in [0.25, 0.3) is 0 Å². The lowest BCUT2D eigenvalue weighted by Crippen LogP contribution is -2.22. The molecule has 102 valence electrons. The van der Waals surface area contributed by atoms with Crippen molar-refractivity contribution in [2.24, 2.45) is 0 Å². The molecule has 0 spiro atoms. The van der Waals surface area contributed by atoms with Crippen LogP contribution in [0.3, 0.4) is 0 Å². The Kier molecular flexibility index (Phi) is 5.13. The zero-order valence-electron chi connectivity index (χ0n) is 11.7. The van der Waals surface area contributed by atoms with Gasteiger partial charge in [0.15, 0.2) is 0 Å². The van der Waals surface area contributed by atoms with Crippen molar-refractivity contribution in [3.05, 3.63) is 71.3 Å². The van der Waals surface area contributed by atoms with Gasteiger partial charge in [-0.05, 0) is 23.1 Å². The Morgan fingerprint density at radius 2 is 1.70 bits per heavy atom. The number of hydrogen-bond donors (Lipinski definition) is 1. The number of carbonyl (C=O) groups excluding carboxylic acids is 1. The van der Waals surface area contributed by atoms with Gasteiger partial charge in [0.1, 0.15) is 0 Å². The zero-order chi connectivity index (χ0) is 14.2. The van der Waals surface area contributed by atoms with Crippen molar-refractivity contribution in [3.63, 3.8) is 0 Å². The van der Waals surface area contributed by atoms with Crippen LogP contribution in [0.5, 0.6) is 0 Å². The standard InChI is InChI=1S/C18H19NO/c1-15(20)19-14-13-18-10-6-5-9-17(18)12-11-16-7-3-2-4-8-16/h2-12H,13-14H2,1H3,(H,19,20)/b12-11+. The first-order chi connectivity index (χ1) is 9.75. The molecule has 0 aliphatic rings. The largest absolute Gasteiger partial charge is 0.356 e. The first-order valence-corrected chi connectivity index (χ1v) is 6.81. The first kappa shape index (κ1) is 14.1. The second-order valence-corrected chi connectivity index (χ2v) is 4.68. The van der Waals surface area contributed by atoms with E-state index in [-0.39, 0.29) is 5.91 Å². The van der Waals surface area contributed by atoms with Gasteiger partial charge in [-0.25, -0.2) is 0 Å². The highest BCUT2D eigenvalue weighted by atomic mass is 16.1. The predicted molar refractivity (Wildman–Crippen MR) is 84.2 cm³/mol. The van der Waals surface area contributed by atoms with Crippen LogP contribution in [0.4, 0.5) is 0 Å². The number of nitrogens with one attached hydrogen (secondary N) is 1. The van der Waals surface area contributed by atoms with Crippen LogP contribution in [0, 0.1) is 0 Å². The van der Waals surface area contributed by atoms with E-state index < -0.39 is 0 Å². The Hall–Kier alpha value is -2.35. The van der Waals surface area contributed by atoms with Gasteiger partial charge in [-0.15, -0.1) is 0 Å². The quantitative estimate of drug-likeness (QED) is 0.823. The summed E-state index contributed by atoms with van der Waals surface area (Å²) < 4.78 is 0. The van der Waals surface area contributed by atoms with Crippen molar-refractivity contribution in [2.75, 3.05) is 6.54 Å². The van der Waals surface area contributed by atoms with Gasteiger partial charge in [-0.3, -0.25) is 4.79 Å². The molecule has 2 nitrogen and oxygen atoms in total. The third-order valence-corrected chi connectivity index (χ3v) is 3.08. The molecular formula is C18H19NO. The molecule has 0 aliphatic carbocycles. The van der Waals surface area contributed by atoms with E-state index in [9.17, 15) is 4.79 Å². The summed E-state index contributed by atoms with van der Waals surface area (Å²) in [5, 5.41) is 2.83. The van der Waals surface area contributed by atoms with E-state index in [0.29, 0.717) is 6.54 Å². The smallest absolute Gasteiger partial charge is 0.216 e. The monoisotopic (exact) mass is 265 g/mol. The molecule has 0 fully saturated rings. The molecule has 1 amide bonds. The molecule has 0 aromatic heterocycles. The molecule has 0 unspecified atom stereocenters. The summed E-state index contributed by atoms with van der Waals surface area (Å²) in [6, 6.07) is 18.5. The van der Waals surface area contributed by atoms with Crippen molar-refractivity contribution in [1.29, 1.82) is 0 Å². The van der Waals surface area contributed by atoms with E-state index >= 15 is 0 Å². The Morgan fingerprint density at radius 3 is 2.45 bits per heavy atom. The molecule has 1 N–H and O–H groups in total. The van der Waals surface area contributed by atoms with Crippen molar-refractivity contribution in [2.45, 2.75) is 13.3 Å².